The number of hydrogen-bond donors (Lipinski definition) is 0. The lowest BCUT2D eigenvalue weighted by atomic mass is 9.69. The van der Waals surface area contributed by atoms with Crippen LogP contribution in [0.15, 0.2) is 0 Å². The Labute approximate surface area is 68.2 Å². The second kappa shape index (κ2) is 2.62. The van der Waals surface area contributed by atoms with E-state index < -0.39 is 0 Å². The molecule has 1 heteroatoms. The Morgan fingerprint density at radius 3 is 2.55 bits per heavy atom. The predicted octanol–water partition coefficient (Wildman–Crippen LogP) is 2.55. The Morgan fingerprint density at radius 2 is 1.82 bits per heavy atom. The quantitative estimate of drug-likeness (QED) is 0.528. The van der Waals surface area contributed by atoms with E-state index in [1.54, 1.807) is 0 Å². The fourth-order valence-corrected chi connectivity index (χ4v) is 2.99. The van der Waals surface area contributed by atoms with Gasteiger partial charge in [-0.15, -0.1) is 0 Å². The van der Waals surface area contributed by atoms with Crippen molar-refractivity contribution < 1.29 is 4.79 Å². The van der Waals surface area contributed by atoms with Gasteiger partial charge in [0.1, 0.15) is 6.29 Å². The van der Waals surface area contributed by atoms with Crippen molar-refractivity contribution in [3.05, 3.63) is 0 Å². The van der Waals surface area contributed by atoms with Crippen molar-refractivity contribution in [2.24, 2.45) is 11.3 Å². The van der Waals surface area contributed by atoms with E-state index >= 15 is 0 Å². The first-order chi connectivity index (χ1) is 5.37. The Morgan fingerprint density at radius 1 is 1.09 bits per heavy atom. The maximum atomic E-state index is 11.0. The standard InChI is InChI=1S/C10H16O/c11-8-10-6-2-1-4-9(10)5-3-7-10/h8-9H,1-7H2. The second-order valence-corrected chi connectivity index (χ2v) is 4.19. The molecule has 2 unspecified atom stereocenters. The minimum Gasteiger partial charge on any atom is -0.303 e. The van der Waals surface area contributed by atoms with Gasteiger partial charge in [-0.3, -0.25) is 0 Å². The van der Waals surface area contributed by atoms with Gasteiger partial charge in [-0.2, -0.15) is 0 Å². The molecule has 0 spiro atoms. The minimum atomic E-state index is 0.151. The molecule has 2 saturated carbocycles. The normalized spacial score (nSPS) is 43.5. The van der Waals surface area contributed by atoms with Crippen LogP contribution in [-0.2, 0) is 4.79 Å². The maximum absolute atomic E-state index is 11.0. The molecule has 62 valence electrons. The summed E-state index contributed by atoms with van der Waals surface area (Å²) in [6.45, 7) is 0. The zero-order chi connectivity index (χ0) is 7.73. The topological polar surface area (TPSA) is 17.1 Å². The number of carbonyl (C=O) groups is 1. The van der Waals surface area contributed by atoms with Crippen LogP contribution in [0.2, 0.25) is 0 Å². The lowest BCUT2D eigenvalue weighted by molar-refractivity contribution is -0.119. The number of fused-ring (bicyclic) bond motifs is 1. The number of rotatable bonds is 1. The van der Waals surface area contributed by atoms with Crippen molar-refractivity contribution in [2.75, 3.05) is 0 Å². The minimum absolute atomic E-state index is 0.151. The van der Waals surface area contributed by atoms with Crippen molar-refractivity contribution in [3.63, 3.8) is 0 Å². The highest BCUT2D eigenvalue weighted by molar-refractivity contribution is 5.60. The predicted molar refractivity (Wildman–Crippen MR) is 44.3 cm³/mol. The molecule has 0 heterocycles. The van der Waals surface area contributed by atoms with Crippen LogP contribution in [0.1, 0.15) is 44.9 Å². The van der Waals surface area contributed by atoms with Crippen LogP contribution in [0.4, 0.5) is 0 Å². The van der Waals surface area contributed by atoms with E-state index in [-0.39, 0.29) is 5.41 Å². The molecule has 1 nitrogen and oxygen atoms in total. The fraction of sp³-hybridized carbons (Fsp3) is 0.900. The lowest BCUT2D eigenvalue weighted by Gasteiger charge is -2.34. The molecule has 2 atom stereocenters. The van der Waals surface area contributed by atoms with Crippen LogP contribution in [0.3, 0.4) is 0 Å². The van der Waals surface area contributed by atoms with E-state index in [9.17, 15) is 4.79 Å². The van der Waals surface area contributed by atoms with Crippen LogP contribution >= 0.6 is 0 Å². The van der Waals surface area contributed by atoms with Crippen molar-refractivity contribution in [2.45, 2.75) is 44.9 Å². The molecular formula is C10H16O. The summed E-state index contributed by atoms with van der Waals surface area (Å²) in [5.74, 6) is 0.758. The summed E-state index contributed by atoms with van der Waals surface area (Å²) in [4.78, 5) is 11.0. The van der Waals surface area contributed by atoms with Crippen LogP contribution in [0.25, 0.3) is 0 Å². The molecule has 2 aliphatic rings. The largest absolute Gasteiger partial charge is 0.303 e. The molecule has 0 N–H and O–H groups in total. The molecule has 0 aromatic heterocycles. The number of hydrogen-bond acceptors (Lipinski definition) is 1. The van der Waals surface area contributed by atoms with Crippen LogP contribution in [0, 0.1) is 11.3 Å². The van der Waals surface area contributed by atoms with Crippen LogP contribution in [-0.4, -0.2) is 6.29 Å². The van der Waals surface area contributed by atoms with Crippen molar-refractivity contribution in [1.29, 1.82) is 0 Å². The summed E-state index contributed by atoms with van der Waals surface area (Å²) in [7, 11) is 0. The highest BCUT2D eigenvalue weighted by Gasteiger charge is 2.43. The summed E-state index contributed by atoms with van der Waals surface area (Å²) in [6.07, 6.45) is 10.2. The maximum Gasteiger partial charge on any atom is 0.126 e. The van der Waals surface area contributed by atoms with Gasteiger partial charge >= 0.3 is 0 Å². The first kappa shape index (κ1) is 7.33. The third kappa shape index (κ3) is 1.02. The van der Waals surface area contributed by atoms with Gasteiger partial charge < -0.3 is 4.79 Å². The highest BCUT2D eigenvalue weighted by Crippen LogP contribution is 2.50. The average molecular weight is 152 g/mol. The van der Waals surface area contributed by atoms with E-state index in [1.165, 1.54) is 51.2 Å². The number of carbonyl (C=O) groups excluding carboxylic acids is 1. The van der Waals surface area contributed by atoms with E-state index in [0.29, 0.717) is 0 Å². The molecule has 0 amide bonds. The van der Waals surface area contributed by atoms with Crippen molar-refractivity contribution in [3.8, 4) is 0 Å². The SMILES string of the molecule is O=CC12CCCCC1CCC2. The Balaban J connectivity index is 2.18. The van der Waals surface area contributed by atoms with Gasteiger partial charge in [0.05, 0.1) is 0 Å². The van der Waals surface area contributed by atoms with Crippen LogP contribution < -0.4 is 0 Å². The van der Waals surface area contributed by atoms with E-state index in [1.807, 2.05) is 0 Å². The smallest absolute Gasteiger partial charge is 0.126 e. The van der Waals surface area contributed by atoms with Gasteiger partial charge in [0.25, 0.3) is 0 Å². The monoisotopic (exact) mass is 152 g/mol. The molecule has 0 aromatic rings. The lowest BCUT2D eigenvalue weighted by Crippen LogP contribution is -2.30. The molecule has 2 aliphatic carbocycles. The molecule has 0 aliphatic heterocycles. The van der Waals surface area contributed by atoms with Crippen LogP contribution in [0.5, 0.6) is 0 Å². The Kier molecular flexibility index (Phi) is 1.74. The third-order valence-corrected chi connectivity index (χ3v) is 3.69. The Hall–Kier alpha value is -0.330. The third-order valence-electron chi connectivity index (χ3n) is 3.69. The van der Waals surface area contributed by atoms with E-state index in [0.717, 1.165) is 5.92 Å². The molecule has 2 fully saturated rings. The molecular weight excluding hydrogens is 136 g/mol. The van der Waals surface area contributed by atoms with E-state index in [4.69, 9.17) is 0 Å². The molecule has 2 rings (SSSR count). The summed E-state index contributed by atoms with van der Waals surface area (Å²) in [5.41, 5.74) is 0.151. The van der Waals surface area contributed by atoms with Crippen molar-refractivity contribution >= 4 is 6.29 Å². The first-order valence-corrected chi connectivity index (χ1v) is 4.84. The second-order valence-electron chi connectivity index (χ2n) is 4.19. The highest BCUT2D eigenvalue weighted by atomic mass is 16.1. The van der Waals surface area contributed by atoms with Gasteiger partial charge in [0.15, 0.2) is 0 Å². The Bertz CT molecular complexity index is 164. The summed E-state index contributed by atoms with van der Waals surface area (Å²) in [6, 6.07) is 0. The summed E-state index contributed by atoms with van der Waals surface area (Å²) < 4.78 is 0. The van der Waals surface area contributed by atoms with Gasteiger partial charge in [-0.25, -0.2) is 0 Å². The van der Waals surface area contributed by atoms with E-state index in [2.05, 4.69) is 0 Å². The summed E-state index contributed by atoms with van der Waals surface area (Å²) >= 11 is 0. The molecule has 11 heavy (non-hydrogen) atoms. The van der Waals surface area contributed by atoms with Gasteiger partial charge in [0.2, 0.25) is 0 Å². The van der Waals surface area contributed by atoms with Gasteiger partial charge in [-0.05, 0) is 31.6 Å². The number of aldehydes is 1. The van der Waals surface area contributed by atoms with Gasteiger partial charge in [0, 0.05) is 5.41 Å². The zero-order valence-corrected chi connectivity index (χ0v) is 7.01. The zero-order valence-electron chi connectivity index (χ0n) is 7.01. The summed E-state index contributed by atoms with van der Waals surface area (Å²) in [5, 5.41) is 0. The first-order valence-electron chi connectivity index (χ1n) is 4.84. The molecule has 0 aromatic carbocycles. The molecule has 0 radical (unpaired) electrons. The average Bonchev–Trinajstić information content (AvgIpc) is 2.48. The molecule has 0 bridgehead atoms. The van der Waals surface area contributed by atoms with Gasteiger partial charge in [-0.1, -0.05) is 19.3 Å². The molecule has 0 saturated heterocycles. The fourth-order valence-electron chi connectivity index (χ4n) is 2.99. The van der Waals surface area contributed by atoms with Crippen molar-refractivity contribution in [1.82, 2.24) is 0 Å².